The zero-order valence-electron chi connectivity index (χ0n) is 9.63. The zero-order valence-corrected chi connectivity index (χ0v) is 10.4. The average Bonchev–Trinajstić information content (AvgIpc) is 2.57. The standard InChI is InChI=1S/C13H13ClFNO/c1-7-5-11(8(2)17-7)13(16)10-4-3-9(15)6-12(10)14/h3-6,13H,16H2,1-2H3. The first kappa shape index (κ1) is 12.1. The lowest BCUT2D eigenvalue weighted by atomic mass is 10.00. The van der Waals surface area contributed by atoms with Gasteiger partial charge in [0.1, 0.15) is 17.3 Å². The van der Waals surface area contributed by atoms with E-state index in [1.54, 1.807) is 6.07 Å². The third-order valence-corrected chi connectivity index (χ3v) is 3.04. The minimum Gasteiger partial charge on any atom is -0.466 e. The van der Waals surface area contributed by atoms with Crippen LogP contribution in [0.2, 0.25) is 5.02 Å². The summed E-state index contributed by atoms with van der Waals surface area (Å²) < 4.78 is 18.4. The van der Waals surface area contributed by atoms with Crippen LogP contribution >= 0.6 is 11.6 Å². The Bertz CT molecular complexity index is 550. The molecule has 1 aromatic carbocycles. The van der Waals surface area contributed by atoms with Crippen LogP contribution in [-0.2, 0) is 0 Å². The molecule has 0 bridgehead atoms. The molecule has 1 aromatic heterocycles. The highest BCUT2D eigenvalue weighted by Gasteiger charge is 2.17. The van der Waals surface area contributed by atoms with Gasteiger partial charge in [-0.2, -0.15) is 0 Å². The summed E-state index contributed by atoms with van der Waals surface area (Å²) in [5, 5.41) is 0.329. The lowest BCUT2D eigenvalue weighted by Gasteiger charge is -2.12. The van der Waals surface area contributed by atoms with E-state index in [9.17, 15) is 4.39 Å². The summed E-state index contributed by atoms with van der Waals surface area (Å²) in [6, 6.07) is 5.69. The molecule has 1 unspecified atom stereocenters. The van der Waals surface area contributed by atoms with Gasteiger partial charge in [0, 0.05) is 10.6 Å². The second kappa shape index (κ2) is 4.51. The Morgan fingerprint density at radius 3 is 2.47 bits per heavy atom. The van der Waals surface area contributed by atoms with Gasteiger partial charge in [-0.3, -0.25) is 0 Å². The van der Waals surface area contributed by atoms with Crippen LogP contribution in [0, 0.1) is 19.7 Å². The summed E-state index contributed by atoms with van der Waals surface area (Å²) in [6.45, 7) is 3.70. The van der Waals surface area contributed by atoms with Crippen LogP contribution in [0.4, 0.5) is 4.39 Å². The molecule has 0 saturated carbocycles. The molecule has 0 radical (unpaired) electrons. The minimum atomic E-state index is -0.402. The first-order valence-electron chi connectivity index (χ1n) is 5.26. The van der Waals surface area contributed by atoms with Crippen molar-refractivity contribution in [3.05, 3.63) is 57.8 Å². The number of benzene rings is 1. The van der Waals surface area contributed by atoms with E-state index in [0.717, 1.165) is 17.1 Å². The predicted octanol–water partition coefficient (Wildman–Crippen LogP) is 3.74. The highest BCUT2D eigenvalue weighted by Crippen LogP contribution is 2.30. The molecule has 0 aliphatic rings. The van der Waals surface area contributed by atoms with E-state index >= 15 is 0 Å². The number of halogens is 2. The highest BCUT2D eigenvalue weighted by atomic mass is 35.5. The van der Waals surface area contributed by atoms with Gasteiger partial charge in [0.05, 0.1) is 6.04 Å². The van der Waals surface area contributed by atoms with Crippen LogP contribution in [-0.4, -0.2) is 0 Å². The van der Waals surface area contributed by atoms with Crippen LogP contribution in [0.1, 0.15) is 28.7 Å². The lowest BCUT2D eigenvalue weighted by Crippen LogP contribution is -2.12. The van der Waals surface area contributed by atoms with Gasteiger partial charge in [0.15, 0.2) is 0 Å². The maximum absolute atomic E-state index is 13.0. The van der Waals surface area contributed by atoms with Gasteiger partial charge in [-0.1, -0.05) is 17.7 Å². The normalized spacial score (nSPS) is 12.8. The molecular formula is C13H13ClFNO. The van der Waals surface area contributed by atoms with Crippen molar-refractivity contribution in [3.63, 3.8) is 0 Å². The molecule has 2 N–H and O–H groups in total. The van der Waals surface area contributed by atoms with Gasteiger partial charge >= 0.3 is 0 Å². The van der Waals surface area contributed by atoms with Crippen LogP contribution in [0.15, 0.2) is 28.7 Å². The average molecular weight is 254 g/mol. The summed E-state index contributed by atoms with van der Waals surface area (Å²) in [5.74, 6) is 1.19. The molecule has 4 heteroatoms. The molecular weight excluding hydrogens is 241 g/mol. The number of aryl methyl sites for hydroxylation is 2. The number of hydrogen-bond acceptors (Lipinski definition) is 2. The second-order valence-electron chi connectivity index (χ2n) is 4.01. The SMILES string of the molecule is Cc1cc(C(N)c2ccc(F)cc2Cl)c(C)o1. The first-order chi connectivity index (χ1) is 7.99. The second-order valence-corrected chi connectivity index (χ2v) is 4.42. The fourth-order valence-corrected chi connectivity index (χ4v) is 2.17. The third kappa shape index (κ3) is 2.35. The first-order valence-corrected chi connectivity index (χ1v) is 5.64. The van der Waals surface area contributed by atoms with E-state index in [1.807, 2.05) is 19.9 Å². The van der Waals surface area contributed by atoms with Gasteiger partial charge in [-0.25, -0.2) is 4.39 Å². The van der Waals surface area contributed by atoms with Crippen molar-refractivity contribution in [1.29, 1.82) is 0 Å². The van der Waals surface area contributed by atoms with Crippen molar-refractivity contribution in [2.24, 2.45) is 5.73 Å². The van der Waals surface area contributed by atoms with E-state index in [-0.39, 0.29) is 5.82 Å². The number of nitrogens with two attached hydrogens (primary N) is 1. The molecule has 17 heavy (non-hydrogen) atoms. The van der Waals surface area contributed by atoms with Crippen molar-refractivity contribution in [2.45, 2.75) is 19.9 Å². The van der Waals surface area contributed by atoms with E-state index in [1.165, 1.54) is 12.1 Å². The van der Waals surface area contributed by atoms with Gasteiger partial charge < -0.3 is 10.2 Å². The Morgan fingerprint density at radius 1 is 1.24 bits per heavy atom. The van der Waals surface area contributed by atoms with Crippen molar-refractivity contribution < 1.29 is 8.81 Å². The smallest absolute Gasteiger partial charge is 0.124 e. The Hall–Kier alpha value is -1.32. The van der Waals surface area contributed by atoms with Crippen LogP contribution in [0.5, 0.6) is 0 Å². The molecule has 2 nitrogen and oxygen atoms in total. The van der Waals surface area contributed by atoms with Gasteiger partial charge in [0.2, 0.25) is 0 Å². The lowest BCUT2D eigenvalue weighted by molar-refractivity contribution is 0.499. The summed E-state index contributed by atoms with van der Waals surface area (Å²) >= 11 is 5.98. The molecule has 2 aromatic rings. The third-order valence-electron chi connectivity index (χ3n) is 2.71. The minimum absolute atomic E-state index is 0.329. The molecule has 0 amide bonds. The fraction of sp³-hybridized carbons (Fsp3) is 0.231. The Morgan fingerprint density at radius 2 is 1.94 bits per heavy atom. The van der Waals surface area contributed by atoms with Crippen LogP contribution in [0.25, 0.3) is 0 Å². The number of furan rings is 1. The summed E-state index contributed by atoms with van der Waals surface area (Å²) in [6.07, 6.45) is 0. The molecule has 1 atom stereocenters. The Kier molecular flexibility index (Phi) is 3.22. The molecule has 0 fully saturated rings. The molecule has 0 aliphatic carbocycles. The molecule has 90 valence electrons. The van der Waals surface area contributed by atoms with Crippen molar-refractivity contribution in [3.8, 4) is 0 Å². The zero-order chi connectivity index (χ0) is 12.6. The van der Waals surface area contributed by atoms with E-state index in [0.29, 0.717) is 10.6 Å². The topological polar surface area (TPSA) is 39.2 Å². The van der Waals surface area contributed by atoms with Crippen molar-refractivity contribution in [2.75, 3.05) is 0 Å². The monoisotopic (exact) mass is 253 g/mol. The van der Waals surface area contributed by atoms with Gasteiger partial charge in [0.25, 0.3) is 0 Å². The summed E-state index contributed by atoms with van der Waals surface area (Å²) in [5.41, 5.74) is 7.68. The summed E-state index contributed by atoms with van der Waals surface area (Å²) in [7, 11) is 0. The van der Waals surface area contributed by atoms with E-state index in [4.69, 9.17) is 21.8 Å². The maximum Gasteiger partial charge on any atom is 0.124 e. The van der Waals surface area contributed by atoms with Crippen LogP contribution in [0.3, 0.4) is 0 Å². The fourth-order valence-electron chi connectivity index (χ4n) is 1.88. The largest absolute Gasteiger partial charge is 0.466 e. The van der Waals surface area contributed by atoms with Gasteiger partial charge in [-0.05, 0) is 37.6 Å². The molecule has 2 rings (SSSR count). The predicted molar refractivity (Wildman–Crippen MR) is 65.6 cm³/mol. The quantitative estimate of drug-likeness (QED) is 0.886. The van der Waals surface area contributed by atoms with Crippen molar-refractivity contribution in [1.82, 2.24) is 0 Å². The number of hydrogen-bond donors (Lipinski definition) is 1. The molecule has 0 saturated heterocycles. The Balaban J connectivity index is 2.43. The van der Waals surface area contributed by atoms with Crippen LogP contribution < -0.4 is 5.73 Å². The Labute approximate surface area is 104 Å². The maximum atomic E-state index is 13.0. The molecule has 1 heterocycles. The summed E-state index contributed by atoms with van der Waals surface area (Å²) in [4.78, 5) is 0. The molecule has 0 spiro atoms. The number of rotatable bonds is 2. The molecule has 0 aliphatic heterocycles. The van der Waals surface area contributed by atoms with Gasteiger partial charge in [-0.15, -0.1) is 0 Å². The van der Waals surface area contributed by atoms with E-state index in [2.05, 4.69) is 0 Å². The van der Waals surface area contributed by atoms with Crippen molar-refractivity contribution >= 4 is 11.6 Å². The highest BCUT2D eigenvalue weighted by molar-refractivity contribution is 6.31. The van der Waals surface area contributed by atoms with E-state index < -0.39 is 6.04 Å².